The summed E-state index contributed by atoms with van der Waals surface area (Å²) in [5.74, 6) is 0.470. The van der Waals surface area contributed by atoms with Crippen molar-refractivity contribution in [1.82, 2.24) is 9.47 Å². The molecule has 1 rings (SSSR count). The molecule has 0 aliphatic carbocycles. The predicted octanol–water partition coefficient (Wildman–Crippen LogP) is 1.50. The highest BCUT2D eigenvalue weighted by Gasteiger charge is 2.12. The van der Waals surface area contributed by atoms with Gasteiger partial charge in [0.25, 0.3) is 11.5 Å². The lowest BCUT2D eigenvalue weighted by atomic mass is 10.1. The zero-order chi connectivity index (χ0) is 13.0. The van der Waals surface area contributed by atoms with E-state index in [-0.39, 0.29) is 11.5 Å². The van der Waals surface area contributed by atoms with Gasteiger partial charge in [-0.3, -0.25) is 9.59 Å². The van der Waals surface area contributed by atoms with E-state index in [1.165, 1.54) is 10.6 Å². The number of carbonyl (C=O) groups is 1. The summed E-state index contributed by atoms with van der Waals surface area (Å²) in [6.07, 6.45) is 2.58. The fourth-order valence-corrected chi connectivity index (χ4v) is 1.46. The normalized spacial score (nSPS) is 10.6. The second-order valence-electron chi connectivity index (χ2n) is 4.77. The molecule has 0 radical (unpaired) electrons. The van der Waals surface area contributed by atoms with Gasteiger partial charge in [-0.2, -0.15) is 0 Å². The minimum absolute atomic E-state index is 0.0941. The van der Waals surface area contributed by atoms with Crippen molar-refractivity contribution in [2.24, 2.45) is 13.0 Å². The molecule has 0 atom stereocenters. The van der Waals surface area contributed by atoms with Crippen LogP contribution in [0.1, 0.15) is 30.6 Å². The minimum Gasteiger partial charge on any atom is -0.342 e. The lowest BCUT2D eigenvalue weighted by Gasteiger charge is -2.18. The van der Waals surface area contributed by atoms with Gasteiger partial charge in [0.2, 0.25) is 0 Å². The molecule has 1 heterocycles. The molecular weight excluding hydrogens is 216 g/mol. The van der Waals surface area contributed by atoms with Crippen molar-refractivity contribution in [1.29, 1.82) is 0 Å². The molecule has 0 unspecified atom stereocenters. The van der Waals surface area contributed by atoms with Crippen LogP contribution in [0.4, 0.5) is 0 Å². The van der Waals surface area contributed by atoms with Crippen LogP contribution in [0.15, 0.2) is 23.1 Å². The van der Waals surface area contributed by atoms with Crippen LogP contribution in [0.2, 0.25) is 0 Å². The molecule has 0 aliphatic rings. The summed E-state index contributed by atoms with van der Waals surface area (Å²) in [6.45, 7) is 4.96. The van der Waals surface area contributed by atoms with Crippen LogP contribution in [0.25, 0.3) is 0 Å². The van der Waals surface area contributed by atoms with Gasteiger partial charge < -0.3 is 9.47 Å². The van der Waals surface area contributed by atoms with E-state index in [1.54, 1.807) is 31.3 Å². The van der Waals surface area contributed by atoms with Crippen LogP contribution in [0.3, 0.4) is 0 Å². The van der Waals surface area contributed by atoms with Gasteiger partial charge >= 0.3 is 0 Å². The number of aryl methyl sites for hydroxylation is 1. The van der Waals surface area contributed by atoms with Crippen LogP contribution in [0.5, 0.6) is 0 Å². The summed E-state index contributed by atoms with van der Waals surface area (Å²) in [6, 6.07) is 3.06. The van der Waals surface area contributed by atoms with Crippen molar-refractivity contribution in [3.63, 3.8) is 0 Å². The Morgan fingerprint density at radius 1 is 1.47 bits per heavy atom. The van der Waals surface area contributed by atoms with Gasteiger partial charge in [0.05, 0.1) is 0 Å². The van der Waals surface area contributed by atoms with Gasteiger partial charge in [-0.15, -0.1) is 0 Å². The molecule has 1 aromatic heterocycles. The monoisotopic (exact) mass is 236 g/mol. The van der Waals surface area contributed by atoms with Crippen molar-refractivity contribution in [2.75, 3.05) is 13.6 Å². The lowest BCUT2D eigenvalue weighted by Crippen LogP contribution is -2.30. The Morgan fingerprint density at radius 2 is 2.12 bits per heavy atom. The number of hydrogen-bond donors (Lipinski definition) is 0. The number of hydrogen-bond acceptors (Lipinski definition) is 2. The molecule has 17 heavy (non-hydrogen) atoms. The maximum absolute atomic E-state index is 12.0. The fraction of sp³-hybridized carbons (Fsp3) is 0.538. The Balaban J connectivity index is 2.75. The maximum Gasteiger partial charge on any atom is 0.253 e. The lowest BCUT2D eigenvalue weighted by molar-refractivity contribution is 0.0789. The maximum atomic E-state index is 12.0. The van der Waals surface area contributed by atoms with Crippen molar-refractivity contribution < 1.29 is 4.79 Å². The van der Waals surface area contributed by atoms with E-state index in [4.69, 9.17) is 0 Å². The van der Waals surface area contributed by atoms with E-state index in [9.17, 15) is 9.59 Å². The molecule has 0 fully saturated rings. The van der Waals surface area contributed by atoms with E-state index < -0.39 is 0 Å². The highest BCUT2D eigenvalue weighted by atomic mass is 16.2. The second-order valence-corrected chi connectivity index (χ2v) is 4.77. The number of carbonyl (C=O) groups excluding carboxylic acids is 1. The first kappa shape index (κ1) is 13.5. The van der Waals surface area contributed by atoms with Crippen LogP contribution < -0.4 is 5.56 Å². The Labute approximate surface area is 102 Å². The standard InChI is InChI=1S/C13H20N2O2/c1-10(2)5-7-15(4)13(17)11-6-8-14(3)12(16)9-11/h6,8-10H,5,7H2,1-4H3. The first-order chi connectivity index (χ1) is 7.91. The molecular formula is C13H20N2O2. The van der Waals surface area contributed by atoms with Crippen molar-refractivity contribution in [2.45, 2.75) is 20.3 Å². The van der Waals surface area contributed by atoms with Gasteiger partial charge in [-0.1, -0.05) is 13.8 Å². The van der Waals surface area contributed by atoms with E-state index in [1.807, 2.05) is 0 Å². The van der Waals surface area contributed by atoms with Crippen LogP contribution in [-0.4, -0.2) is 29.0 Å². The van der Waals surface area contributed by atoms with Crippen molar-refractivity contribution in [3.05, 3.63) is 34.2 Å². The summed E-state index contributed by atoms with van der Waals surface area (Å²) in [7, 11) is 3.43. The molecule has 1 aromatic rings. The first-order valence-electron chi connectivity index (χ1n) is 5.84. The van der Waals surface area contributed by atoms with E-state index in [0.29, 0.717) is 18.0 Å². The topological polar surface area (TPSA) is 42.3 Å². The third kappa shape index (κ3) is 3.73. The quantitative estimate of drug-likeness (QED) is 0.795. The van der Waals surface area contributed by atoms with Gasteiger partial charge in [0.15, 0.2) is 0 Å². The summed E-state index contributed by atoms with van der Waals surface area (Å²) in [4.78, 5) is 25.1. The third-order valence-corrected chi connectivity index (χ3v) is 2.74. The summed E-state index contributed by atoms with van der Waals surface area (Å²) in [5.41, 5.74) is 0.299. The van der Waals surface area contributed by atoms with Gasteiger partial charge in [-0.05, 0) is 18.4 Å². The minimum atomic E-state index is -0.159. The molecule has 4 nitrogen and oxygen atoms in total. The molecule has 0 saturated carbocycles. The number of nitrogens with zero attached hydrogens (tertiary/aromatic N) is 2. The highest BCUT2D eigenvalue weighted by Crippen LogP contribution is 2.05. The van der Waals surface area contributed by atoms with Crippen LogP contribution in [-0.2, 0) is 7.05 Å². The third-order valence-electron chi connectivity index (χ3n) is 2.74. The number of rotatable bonds is 4. The largest absolute Gasteiger partial charge is 0.342 e. The Bertz CT molecular complexity index is 449. The van der Waals surface area contributed by atoms with E-state index in [0.717, 1.165) is 6.42 Å². The first-order valence-corrected chi connectivity index (χ1v) is 5.84. The number of pyridine rings is 1. The SMILES string of the molecule is CC(C)CCN(C)C(=O)c1ccn(C)c(=O)c1. The average Bonchev–Trinajstić information content (AvgIpc) is 2.28. The van der Waals surface area contributed by atoms with Gasteiger partial charge in [0.1, 0.15) is 0 Å². The Morgan fingerprint density at radius 3 is 2.65 bits per heavy atom. The van der Waals surface area contributed by atoms with Crippen LogP contribution in [0, 0.1) is 5.92 Å². The molecule has 0 saturated heterocycles. The molecule has 0 spiro atoms. The molecule has 94 valence electrons. The summed E-state index contributed by atoms with van der Waals surface area (Å²) in [5, 5.41) is 0. The molecule has 0 N–H and O–H groups in total. The van der Waals surface area contributed by atoms with Gasteiger partial charge in [0, 0.05) is 38.5 Å². The average molecular weight is 236 g/mol. The van der Waals surface area contributed by atoms with Gasteiger partial charge in [-0.25, -0.2) is 0 Å². The molecule has 1 amide bonds. The highest BCUT2D eigenvalue weighted by molar-refractivity contribution is 5.93. The predicted molar refractivity (Wildman–Crippen MR) is 68.1 cm³/mol. The Hall–Kier alpha value is -1.58. The number of aromatic nitrogens is 1. The molecule has 0 aliphatic heterocycles. The second kappa shape index (κ2) is 5.66. The fourth-order valence-electron chi connectivity index (χ4n) is 1.46. The smallest absolute Gasteiger partial charge is 0.253 e. The van der Waals surface area contributed by atoms with E-state index >= 15 is 0 Å². The zero-order valence-corrected chi connectivity index (χ0v) is 10.9. The van der Waals surface area contributed by atoms with Crippen LogP contribution >= 0.6 is 0 Å². The summed E-state index contributed by atoms with van der Waals surface area (Å²) >= 11 is 0. The summed E-state index contributed by atoms with van der Waals surface area (Å²) < 4.78 is 1.45. The number of amides is 1. The van der Waals surface area contributed by atoms with E-state index in [2.05, 4.69) is 13.8 Å². The zero-order valence-electron chi connectivity index (χ0n) is 10.9. The van der Waals surface area contributed by atoms with Crippen molar-refractivity contribution >= 4 is 5.91 Å². The molecule has 4 heteroatoms. The molecule has 0 aromatic carbocycles. The Kier molecular flexibility index (Phi) is 4.49. The molecule has 0 bridgehead atoms. The van der Waals surface area contributed by atoms with Crippen molar-refractivity contribution in [3.8, 4) is 0 Å².